The number of rotatable bonds is 4. The van der Waals surface area contributed by atoms with Gasteiger partial charge in [0.05, 0.1) is 16.3 Å². The van der Waals surface area contributed by atoms with Crippen LogP contribution in [0, 0.1) is 13.8 Å². The number of hydrogen-bond donors (Lipinski definition) is 3. The van der Waals surface area contributed by atoms with Gasteiger partial charge in [0, 0.05) is 5.69 Å². The van der Waals surface area contributed by atoms with E-state index in [1.807, 2.05) is 56.3 Å². The van der Waals surface area contributed by atoms with Gasteiger partial charge in [0.2, 0.25) is 5.91 Å². The lowest BCUT2D eigenvalue weighted by atomic mass is 10.1. The molecule has 1 atom stereocenters. The van der Waals surface area contributed by atoms with E-state index in [0.29, 0.717) is 10.8 Å². The van der Waals surface area contributed by atoms with E-state index in [-0.39, 0.29) is 5.91 Å². The van der Waals surface area contributed by atoms with Crippen molar-refractivity contribution in [1.82, 2.24) is 15.3 Å². The van der Waals surface area contributed by atoms with Crippen LogP contribution in [0.4, 0.5) is 10.5 Å². The van der Waals surface area contributed by atoms with E-state index >= 15 is 0 Å². The molecule has 0 radical (unpaired) electrons. The topological polar surface area (TPSA) is 86.9 Å². The van der Waals surface area contributed by atoms with E-state index in [1.165, 1.54) is 11.8 Å². The van der Waals surface area contributed by atoms with Crippen molar-refractivity contribution < 1.29 is 9.59 Å². The predicted molar refractivity (Wildman–Crippen MR) is 104 cm³/mol. The average Bonchev–Trinajstić information content (AvgIpc) is 2.99. The Kier molecular flexibility index (Phi) is 5.27. The van der Waals surface area contributed by atoms with Gasteiger partial charge in [-0.05, 0) is 44.5 Å². The molecule has 0 aliphatic rings. The number of aromatic amines is 1. The van der Waals surface area contributed by atoms with Gasteiger partial charge in [-0.2, -0.15) is 0 Å². The number of aryl methyl sites for hydroxylation is 2. The standard InChI is InChI=1S/C19H20N4O2S/c1-11-8-9-14(12(2)10-11)20-18(25)23-17(24)13(3)26-19-21-15-6-4-5-7-16(15)22-19/h4-10,13H,1-3H3,(H,21,22)(H2,20,23,24,25)/t13-/m1/s1. The highest BCUT2D eigenvalue weighted by Crippen LogP contribution is 2.23. The van der Waals surface area contributed by atoms with Crippen molar-refractivity contribution in [2.45, 2.75) is 31.2 Å². The molecular weight excluding hydrogens is 348 g/mol. The lowest BCUT2D eigenvalue weighted by Crippen LogP contribution is -2.39. The molecule has 3 aromatic rings. The molecule has 2 aromatic carbocycles. The molecule has 0 saturated heterocycles. The van der Waals surface area contributed by atoms with E-state index in [1.54, 1.807) is 6.92 Å². The summed E-state index contributed by atoms with van der Waals surface area (Å²) in [5.41, 5.74) is 4.49. The Hall–Kier alpha value is -2.80. The van der Waals surface area contributed by atoms with Crippen molar-refractivity contribution in [3.63, 3.8) is 0 Å². The fourth-order valence-electron chi connectivity index (χ4n) is 2.53. The Morgan fingerprint density at radius 3 is 2.65 bits per heavy atom. The number of carbonyl (C=O) groups is 2. The maximum atomic E-state index is 12.3. The maximum absolute atomic E-state index is 12.3. The van der Waals surface area contributed by atoms with Gasteiger partial charge in [0.1, 0.15) is 0 Å². The van der Waals surface area contributed by atoms with Crippen LogP contribution in [0.3, 0.4) is 0 Å². The molecule has 0 saturated carbocycles. The summed E-state index contributed by atoms with van der Waals surface area (Å²) in [5, 5.41) is 5.25. The monoisotopic (exact) mass is 368 g/mol. The molecule has 0 fully saturated rings. The van der Waals surface area contributed by atoms with Crippen molar-refractivity contribution in [3.8, 4) is 0 Å². The molecule has 26 heavy (non-hydrogen) atoms. The third kappa shape index (κ3) is 4.23. The third-order valence-corrected chi connectivity index (χ3v) is 4.88. The fraction of sp³-hybridized carbons (Fsp3) is 0.211. The second kappa shape index (κ2) is 7.61. The predicted octanol–water partition coefficient (Wildman–Crippen LogP) is 4.01. The van der Waals surface area contributed by atoms with Gasteiger partial charge in [0.25, 0.3) is 0 Å². The van der Waals surface area contributed by atoms with Gasteiger partial charge in [-0.1, -0.05) is 41.6 Å². The minimum absolute atomic E-state index is 0.377. The normalized spacial score (nSPS) is 12.0. The smallest absolute Gasteiger partial charge is 0.325 e. The highest BCUT2D eigenvalue weighted by Gasteiger charge is 2.19. The molecule has 3 amide bonds. The summed E-state index contributed by atoms with van der Waals surface area (Å²) in [5.74, 6) is -0.377. The highest BCUT2D eigenvalue weighted by atomic mass is 32.2. The van der Waals surface area contributed by atoms with Crippen LogP contribution in [0.5, 0.6) is 0 Å². The highest BCUT2D eigenvalue weighted by molar-refractivity contribution is 8.00. The molecule has 6 nitrogen and oxygen atoms in total. The van der Waals surface area contributed by atoms with Crippen LogP contribution in [-0.2, 0) is 4.79 Å². The summed E-state index contributed by atoms with van der Waals surface area (Å²) in [6, 6.07) is 12.8. The zero-order valence-electron chi connectivity index (χ0n) is 14.8. The van der Waals surface area contributed by atoms with Crippen LogP contribution in [0.1, 0.15) is 18.1 Å². The van der Waals surface area contributed by atoms with Crippen LogP contribution in [0.15, 0.2) is 47.6 Å². The molecular formula is C19H20N4O2S. The van der Waals surface area contributed by atoms with Gasteiger partial charge in [-0.15, -0.1) is 0 Å². The van der Waals surface area contributed by atoms with Gasteiger partial charge >= 0.3 is 6.03 Å². The minimum Gasteiger partial charge on any atom is -0.333 e. The summed E-state index contributed by atoms with van der Waals surface area (Å²) in [7, 11) is 0. The molecule has 3 rings (SSSR count). The summed E-state index contributed by atoms with van der Waals surface area (Å²) >= 11 is 1.27. The molecule has 7 heteroatoms. The number of fused-ring (bicyclic) bond motifs is 1. The Bertz CT molecular complexity index is 934. The fourth-order valence-corrected chi connectivity index (χ4v) is 3.35. The second-order valence-electron chi connectivity index (χ2n) is 6.08. The van der Waals surface area contributed by atoms with Crippen LogP contribution in [0.2, 0.25) is 0 Å². The number of para-hydroxylation sites is 2. The van der Waals surface area contributed by atoms with Gasteiger partial charge in [-0.25, -0.2) is 9.78 Å². The summed E-state index contributed by atoms with van der Waals surface area (Å²) in [6.07, 6.45) is 0. The number of nitrogens with zero attached hydrogens (tertiary/aromatic N) is 1. The molecule has 0 spiro atoms. The van der Waals surface area contributed by atoms with E-state index in [2.05, 4.69) is 20.6 Å². The molecule has 0 aliphatic heterocycles. The van der Waals surface area contributed by atoms with Crippen LogP contribution >= 0.6 is 11.8 Å². The minimum atomic E-state index is -0.543. The van der Waals surface area contributed by atoms with E-state index in [4.69, 9.17) is 0 Å². The number of imidazole rings is 1. The number of benzene rings is 2. The molecule has 3 N–H and O–H groups in total. The first kappa shape index (κ1) is 18.0. The number of carbonyl (C=O) groups excluding carboxylic acids is 2. The molecule has 1 heterocycles. The quantitative estimate of drug-likeness (QED) is 0.607. The van der Waals surface area contributed by atoms with E-state index in [0.717, 1.165) is 22.2 Å². The van der Waals surface area contributed by atoms with Gasteiger partial charge in [-0.3, -0.25) is 10.1 Å². The third-order valence-electron chi connectivity index (χ3n) is 3.89. The van der Waals surface area contributed by atoms with Crippen LogP contribution in [-0.4, -0.2) is 27.2 Å². The Morgan fingerprint density at radius 1 is 1.15 bits per heavy atom. The van der Waals surface area contributed by atoms with Crippen LogP contribution < -0.4 is 10.6 Å². The summed E-state index contributed by atoms with van der Waals surface area (Å²) < 4.78 is 0. The lowest BCUT2D eigenvalue weighted by Gasteiger charge is -2.12. The first-order valence-electron chi connectivity index (χ1n) is 8.23. The van der Waals surface area contributed by atoms with Crippen molar-refractivity contribution in [1.29, 1.82) is 0 Å². The number of hydrogen-bond acceptors (Lipinski definition) is 4. The number of imide groups is 1. The van der Waals surface area contributed by atoms with Gasteiger partial charge in [0.15, 0.2) is 5.16 Å². The average molecular weight is 368 g/mol. The summed E-state index contributed by atoms with van der Waals surface area (Å²) in [4.78, 5) is 31.9. The van der Waals surface area contributed by atoms with Crippen LogP contribution in [0.25, 0.3) is 11.0 Å². The van der Waals surface area contributed by atoms with Gasteiger partial charge < -0.3 is 10.3 Å². The summed E-state index contributed by atoms with van der Waals surface area (Å²) in [6.45, 7) is 5.62. The first-order chi connectivity index (χ1) is 12.4. The Morgan fingerprint density at radius 2 is 1.92 bits per heavy atom. The number of aromatic nitrogens is 2. The molecule has 0 aliphatic carbocycles. The number of urea groups is 1. The number of H-pyrrole nitrogens is 1. The van der Waals surface area contributed by atoms with E-state index in [9.17, 15) is 9.59 Å². The lowest BCUT2D eigenvalue weighted by molar-refractivity contribution is -0.119. The van der Waals surface area contributed by atoms with Crippen molar-refractivity contribution in [3.05, 3.63) is 53.6 Å². The zero-order chi connectivity index (χ0) is 18.7. The maximum Gasteiger partial charge on any atom is 0.325 e. The van der Waals surface area contributed by atoms with Crippen molar-refractivity contribution in [2.24, 2.45) is 0 Å². The molecule has 1 aromatic heterocycles. The van der Waals surface area contributed by atoms with Crippen molar-refractivity contribution in [2.75, 3.05) is 5.32 Å². The largest absolute Gasteiger partial charge is 0.333 e. The molecule has 0 unspecified atom stereocenters. The van der Waals surface area contributed by atoms with E-state index < -0.39 is 11.3 Å². The zero-order valence-corrected chi connectivity index (χ0v) is 15.6. The number of nitrogens with one attached hydrogen (secondary N) is 3. The van der Waals surface area contributed by atoms with Crippen molar-refractivity contribution >= 4 is 40.4 Å². The first-order valence-corrected chi connectivity index (χ1v) is 9.11. The Labute approximate surface area is 155 Å². The number of anilines is 1. The molecule has 134 valence electrons. The second-order valence-corrected chi connectivity index (χ2v) is 7.41. The number of amides is 3. The SMILES string of the molecule is Cc1ccc(NC(=O)NC(=O)[C@@H](C)Sc2nc3ccccc3[nH]2)c(C)c1. The number of thioether (sulfide) groups is 1. The Balaban J connectivity index is 1.58. The molecule has 0 bridgehead atoms.